The maximum absolute atomic E-state index is 13.8. The van der Waals surface area contributed by atoms with Gasteiger partial charge in [-0.1, -0.05) is 71.7 Å². The van der Waals surface area contributed by atoms with Gasteiger partial charge in [-0.15, -0.1) is 0 Å². The standard InChI is InChI=1S/C33H22Cl2N2O2/c34-24-11-17-30(35)29(21-24)32-18-16-28(39-32)19-23-20-31(22-7-3-1-4-8-22)37(33(23)38)27-14-12-26(13-15-27)36-25-9-5-2-6-10-25/h1-21,36H/b23-19+. The molecular weight excluding hydrogens is 527 g/mol. The third kappa shape index (κ3) is 5.26. The molecule has 1 amide bonds. The molecule has 0 unspecified atom stereocenters. The van der Waals surface area contributed by atoms with E-state index in [2.05, 4.69) is 5.32 Å². The summed E-state index contributed by atoms with van der Waals surface area (Å²) in [6, 6.07) is 36.5. The monoisotopic (exact) mass is 548 g/mol. The van der Waals surface area contributed by atoms with Gasteiger partial charge in [-0.05, 0) is 84.4 Å². The van der Waals surface area contributed by atoms with Crippen LogP contribution in [0.15, 0.2) is 131 Å². The number of halogens is 2. The molecule has 4 aromatic carbocycles. The zero-order valence-electron chi connectivity index (χ0n) is 20.6. The van der Waals surface area contributed by atoms with E-state index in [1.165, 1.54) is 0 Å². The summed E-state index contributed by atoms with van der Waals surface area (Å²) in [4.78, 5) is 15.5. The van der Waals surface area contributed by atoms with Crippen molar-refractivity contribution in [3.63, 3.8) is 0 Å². The molecule has 190 valence electrons. The molecule has 2 heterocycles. The van der Waals surface area contributed by atoms with Crippen LogP contribution in [0.2, 0.25) is 10.0 Å². The second-order valence-corrected chi connectivity index (χ2v) is 9.84. The van der Waals surface area contributed by atoms with E-state index < -0.39 is 0 Å². The molecular formula is C33H22Cl2N2O2. The molecule has 0 saturated carbocycles. The number of hydrogen-bond donors (Lipinski definition) is 1. The topological polar surface area (TPSA) is 45.5 Å². The van der Waals surface area contributed by atoms with Crippen molar-refractivity contribution in [2.75, 3.05) is 10.2 Å². The first-order valence-electron chi connectivity index (χ1n) is 12.4. The summed E-state index contributed by atoms with van der Waals surface area (Å²) in [5, 5.41) is 4.48. The van der Waals surface area contributed by atoms with Gasteiger partial charge in [-0.3, -0.25) is 9.69 Å². The summed E-state index contributed by atoms with van der Waals surface area (Å²) in [6.07, 6.45) is 3.64. The number of carbonyl (C=O) groups is 1. The third-order valence-corrected chi connectivity index (χ3v) is 6.92. The van der Waals surface area contributed by atoms with Crippen LogP contribution in [0.4, 0.5) is 17.1 Å². The van der Waals surface area contributed by atoms with Crippen molar-refractivity contribution >= 4 is 57.9 Å². The maximum Gasteiger partial charge on any atom is 0.263 e. The largest absolute Gasteiger partial charge is 0.457 e. The lowest BCUT2D eigenvalue weighted by Gasteiger charge is -2.21. The van der Waals surface area contributed by atoms with E-state index in [1.54, 1.807) is 29.2 Å². The highest BCUT2D eigenvalue weighted by Crippen LogP contribution is 2.37. The van der Waals surface area contributed by atoms with E-state index in [9.17, 15) is 4.79 Å². The Labute approximate surface area is 236 Å². The van der Waals surface area contributed by atoms with Gasteiger partial charge in [0.2, 0.25) is 0 Å². The minimum absolute atomic E-state index is 0.142. The van der Waals surface area contributed by atoms with Crippen molar-refractivity contribution in [2.24, 2.45) is 0 Å². The van der Waals surface area contributed by atoms with Crippen LogP contribution in [0.3, 0.4) is 0 Å². The summed E-state index contributed by atoms with van der Waals surface area (Å²) < 4.78 is 6.04. The van der Waals surface area contributed by atoms with Crippen molar-refractivity contribution in [1.29, 1.82) is 0 Å². The van der Waals surface area contributed by atoms with Crippen LogP contribution in [0.1, 0.15) is 11.3 Å². The highest BCUT2D eigenvalue weighted by Gasteiger charge is 2.30. The van der Waals surface area contributed by atoms with E-state index in [0.29, 0.717) is 32.7 Å². The molecule has 0 spiro atoms. The fraction of sp³-hybridized carbons (Fsp3) is 0. The van der Waals surface area contributed by atoms with E-state index in [0.717, 1.165) is 28.3 Å². The number of nitrogens with zero attached hydrogens (tertiary/aromatic N) is 1. The van der Waals surface area contributed by atoms with E-state index >= 15 is 0 Å². The number of para-hydroxylation sites is 1. The van der Waals surface area contributed by atoms with Crippen LogP contribution in [-0.2, 0) is 4.79 Å². The quantitative estimate of drug-likeness (QED) is 0.215. The average molecular weight is 549 g/mol. The molecule has 39 heavy (non-hydrogen) atoms. The van der Waals surface area contributed by atoms with Crippen molar-refractivity contribution in [3.05, 3.63) is 148 Å². The zero-order chi connectivity index (χ0) is 26.8. The maximum atomic E-state index is 13.8. The lowest BCUT2D eigenvalue weighted by molar-refractivity contribution is -0.113. The summed E-state index contributed by atoms with van der Waals surface area (Å²) in [5.74, 6) is 0.971. The first-order valence-corrected chi connectivity index (χ1v) is 13.1. The molecule has 0 saturated heterocycles. The number of carbonyl (C=O) groups excluding carboxylic acids is 1. The van der Waals surface area contributed by atoms with Crippen molar-refractivity contribution in [3.8, 4) is 11.3 Å². The third-order valence-electron chi connectivity index (χ3n) is 6.36. The summed E-state index contributed by atoms with van der Waals surface area (Å²) in [7, 11) is 0. The molecule has 1 aliphatic heterocycles. The van der Waals surface area contributed by atoms with Gasteiger partial charge >= 0.3 is 0 Å². The zero-order valence-corrected chi connectivity index (χ0v) is 22.2. The summed E-state index contributed by atoms with van der Waals surface area (Å²) in [5.41, 5.74) is 5.63. The van der Waals surface area contributed by atoms with E-state index in [-0.39, 0.29) is 5.91 Å². The SMILES string of the molecule is O=C1/C(=C/c2ccc(-c3cc(Cl)ccc3Cl)o2)C=C(c2ccccc2)N1c1ccc(Nc2ccccc2)cc1. The molecule has 0 bridgehead atoms. The molecule has 4 nitrogen and oxygen atoms in total. The van der Waals surface area contributed by atoms with Crippen molar-refractivity contribution in [2.45, 2.75) is 0 Å². The molecule has 1 N–H and O–H groups in total. The molecule has 0 atom stereocenters. The fourth-order valence-electron chi connectivity index (χ4n) is 4.49. The second-order valence-electron chi connectivity index (χ2n) is 9.00. The first kappa shape index (κ1) is 24.8. The smallest absolute Gasteiger partial charge is 0.263 e. The first-order chi connectivity index (χ1) is 19.0. The van der Waals surface area contributed by atoms with Crippen molar-refractivity contribution in [1.82, 2.24) is 0 Å². The molecule has 6 heteroatoms. The number of rotatable bonds is 6. The molecule has 0 fully saturated rings. The van der Waals surface area contributed by atoms with E-state index in [4.69, 9.17) is 27.6 Å². The molecule has 6 rings (SSSR count). The fourth-order valence-corrected chi connectivity index (χ4v) is 4.87. The average Bonchev–Trinajstić information content (AvgIpc) is 3.56. The Morgan fingerprint density at radius 2 is 1.44 bits per heavy atom. The minimum Gasteiger partial charge on any atom is -0.457 e. The lowest BCUT2D eigenvalue weighted by Crippen LogP contribution is -2.24. The molecule has 1 aliphatic rings. The number of nitrogens with one attached hydrogen (secondary N) is 1. The second kappa shape index (κ2) is 10.7. The van der Waals surface area contributed by atoms with Gasteiger partial charge in [0.25, 0.3) is 5.91 Å². The Bertz CT molecular complexity index is 1710. The predicted octanol–water partition coefficient (Wildman–Crippen LogP) is 9.47. The Morgan fingerprint density at radius 1 is 0.744 bits per heavy atom. The van der Waals surface area contributed by atoms with Crippen LogP contribution in [-0.4, -0.2) is 5.91 Å². The van der Waals surface area contributed by atoms with Crippen molar-refractivity contribution < 1.29 is 9.21 Å². The Hall–Kier alpha value is -4.51. The Morgan fingerprint density at radius 3 is 2.18 bits per heavy atom. The number of benzene rings is 4. The molecule has 1 aromatic heterocycles. The molecule has 0 aliphatic carbocycles. The molecule has 0 radical (unpaired) electrons. The lowest BCUT2D eigenvalue weighted by atomic mass is 10.1. The van der Waals surface area contributed by atoms with Crippen LogP contribution in [0.5, 0.6) is 0 Å². The summed E-state index contributed by atoms with van der Waals surface area (Å²) >= 11 is 12.5. The molecule has 5 aromatic rings. The van der Waals surface area contributed by atoms with Gasteiger partial charge < -0.3 is 9.73 Å². The highest BCUT2D eigenvalue weighted by atomic mass is 35.5. The normalized spacial score (nSPS) is 14.1. The van der Waals surface area contributed by atoms with Crippen LogP contribution in [0.25, 0.3) is 23.1 Å². The van der Waals surface area contributed by atoms with Gasteiger partial charge in [0, 0.05) is 33.2 Å². The Balaban J connectivity index is 1.33. The number of amides is 1. The highest BCUT2D eigenvalue weighted by molar-refractivity contribution is 6.35. The Kier molecular flexibility index (Phi) is 6.80. The van der Waals surface area contributed by atoms with Crippen LogP contribution >= 0.6 is 23.2 Å². The van der Waals surface area contributed by atoms with Gasteiger partial charge in [0.15, 0.2) is 0 Å². The van der Waals surface area contributed by atoms with Gasteiger partial charge in [0.1, 0.15) is 11.5 Å². The van der Waals surface area contributed by atoms with Gasteiger partial charge in [-0.25, -0.2) is 0 Å². The minimum atomic E-state index is -0.142. The van der Waals surface area contributed by atoms with Gasteiger partial charge in [0.05, 0.1) is 10.7 Å². The number of furan rings is 1. The van der Waals surface area contributed by atoms with Crippen LogP contribution < -0.4 is 10.2 Å². The van der Waals surface area contributed by atoms with Crippen LogP contribution in [0, 0.1) is 0 Å². The number of hydrogen-bond acceptors (Lipinski definition) is 3. The van der Waals surface area contributed by atoms with Gasteiger partial charge in [-0.2, -0.15) is 0 Å². The number of anilines is 3. The predicted molar refractivity (Wildman–Crippen MR) is 160 cm³/mol. The summed E-state index contributed by atoms with van der Waals surface area (Å²) in [6.45, 7) is 0. The van der Waals surface area contributed by atoms with E-state index in [1.807, 2.05) is 103 Å².